The molecule has 5 nitrogen and oxygen atoms in total. The minimum absolute atomic E-state index is 0.00354. The van der Waals surface area contributed by atoms with Gasteiger partial charge in [-0.25, -0.2) is 18.1 Å². The van der Waals surface area contributed by atoms with Crippen molar-refractivity contribution >= 4 is 10.0 Å². The Hall–Kier alpha value is -1.66. The molecule has 1 aromatic carbocycles. The van der Waals surface area contributed by atoms with Gasteiger partial charge in [-0.1, -0.05) is 32.9 Å². The lowest BCUT2D eigenvalue weighted by Gasteiger charge is -2.19. The van der Waals surface area contributed by atoms with Crippen LogP contribution in [0, 0.1) is 0 Å². The zero-order chi connectivity index (χ0) is 14.8. The monoisotopic (exact) mass is 294 g/mol. The molecule has 0 atom stereocenters. The fraction of sp³-hybridized carbons (Fsp3) is 0.357. The fourth-order valence-corrected chi connectivity index (χ4v) is 2.71. The van der Waals surface area contributed by atoms with E-state index in [0.29, 0.717) is 5.69 Å². The number of sulfonamides is 1. The van der Waals surface area contributed by atoms with Crippen LogP contribution in [0.5, 0.6) is 0 Å². The molecule has 108 valence electrons. The molecule has 1 aromatic heterocycles. The molecule has 0 aliphatic carbocycles. The van der Waals surface area contributed by atoms with E-state index in [9.17, 15) is 8.42 Å². The standard InChI is InChI=1S/C14H18N2O3S/c1-14(2,3)11-4-6-13(7-5-11)20(17,18)16-8-12-9-19-10-15-12/h4-7,9-10,16H,8H2,1-3H3. The Bertz CT molecular complexity index is 653. The minimum Gasteiger partial charge on any atom is -0.451 e. The summed E-state index contributed by atoms with van der Waals surface area (Å²) in [5, 5.41) is 0. The maximum atomic E-state index is 12.1. The highest BCUT2D eigenvalue weighted by Gasteiger charge is 2.17. The molecule has 1 heterocycles. The van der Waals surface area contributed by atoms with Crippen molar-refractivity contribution in [3.63, 3.8) is 0 Å². The van der Waals surface area contributed by atoms with Gasteiger partial charge in [-0.2, -0.15) is 0 Å². The van der Waals surface area contributed by atoms with Crippen molar-refractivity contribution in [3.05, 3.63) is 48.2 Å². The smallest absolute Gasteiger partial charge is 0.240 e. The van der Waals surface area contributed by atoms with Gasteiger partial charge in [0.05, 0.1) is 17.1 Å². The zero-order valence-electron chi connectivity index (χ0n) is 11.8. The number of aromatic nitrogens is 1. The predicted molar refractivity (Wildman–Crippen MR) is 75.7 cm³/mol. The Morgan fingerprint density at radius 1 is 1.20 bits per heavy atom. The minimum atomic E-state index is -3.53. The first kappa shape index (κ1) is 14.7. The number of hydrogen-bond donors (Lipinski definition) is 1. The summed E-state index contributed by atoms with van der Waals surface area (Å²) in [5.74, 6) is 0. The topological polar surface area (TPSA) is 72.2 Å². The van der Waals surface area contributed by atoms with E-state index < -0.39 is 10.0 Å². The third-order valence-corrected chi connectivity index (χ3v) is 4.37. The molecule has 20 heavy (non-hydrogen) atoms. The molecule has 0 fully saturated rings. The largest absolute Gasteiger partial charge is 0.451 e. The number of nitrogens with one attached hydrogen (secondary N) is 1. The number of hydrogen-bond acceptors (Lipinski definition) is 4. The Morgan fingerprint density at radius 3 is 2.35 bits per heavy atom. The van der Waals surface area contributed by atoms with Crippen LogP contribution >= 0.6 is 0 Å². The third kappa shape index (κ3) is 3.46. The Kier molecular flexibility index (Phi) is 3.96. The van der Waals surface area contributed by atoms with E-state index >= 15 is 0 Å². The van der Waals surface area contributed by atoms with E-state index in [1.54, 1.807) is 12.1 Å². The van der Waals surface area contributed by atoms with Crippen LogP contribution in [0.15, 0.2) is 46.2 Å². The second-order valence-electron chi connectivity index (χ2n) is 5.58. The van der Waals surface area contributed by atoms with Crippen molar-refractivity contribution in [1.82, 2.24) is 9.71 Å². The molecular weight excluding hydrogens is 276 g/mol. The molecule has 0 saturated carbocycles. The van der Waals surface area contributed by atoms with E-state index in [1.165, 1.54) is 12.7 Å². The number of oxazole rings is 1. The summed E-state index contributed by atoms with van der Waals surface area (Å²) in [6, 6.07) is 6.91. The first-order valence-electron chi connectivity index (χ1n) is 6.26. The summed E-state index contributed by atoms with van der Waals surface area (Å²) >= 11 is 0. The number of nitrogens with zero attached hydrogens (tertiary/aromatic N) is 1. The van der Waals surface area contributed by atoms with Gasteiger partial charge in [0.25, 0.3) is 0 Å². The average molecular weight is 294 g/mol. The van der Waals surface area contributed by atoms with Gasteiger partial charge >= 0.3 is 0 Å². The summed E-state index contributed by atoms with van der Waals surface area (Å²) in [5.41, 5.74) is 1.63. The van der Waals surface area contributed by atoms with Crippen LogP contribution in [0.3, 0.4) is 0 Å². The molecule has 0 saturated heterocycles. The first-order valence-corrected chi connectivity index (χ1v) is 7.75. The number of benzene rings is 1. The lowest BCUT2D eigenvalue weighted by Crippen LogP contribution is -2.23. The molecule has 1 N–H and O–H groups in total. The van der Waals surface area contributed by atoms with Crippen LogP contribution in [0.4, 0.5) is 0 Å². The Balaban J connectivity index is 2.13. The van der Waals surface area contributed by atoms with E-state index in [4.69, 9.17) is 4.42 Å². The Morgan fingerprint density at radius 2 is 1.85 bits per heavy atom. The van der Waals surface area contributed by atoms with Crippen LogP contribution in [-0.2, 0) is 22.0 Å². The van der Waals surface area contributed by atoms with Gasteiger partial charge in [-0.3, -0.25) is 0 Å². The van der Waals surface area contributed by atoms with Gasteiger partial charge in [0.15, 0.2) is 6.39 Å². The Labute approximate surface area is 119 Å². The molecule has 0 amide bonds. The maximum absolute atomic E-state index is 12.1. The van der Waals surface area contributed by atoms with Gasteiger partial charge < -0.3 is 4.42 Å². The lowest BCUT2D eigenvalue weighted by atomic mass is 9.87. The van der Waals surface area contributed by atoms with Crippen molar-refractivity contribution in [2.75, 3.05) is 0 Å². The molecular formula is C14H18N2O3S. The van der Waals surface area contributed by atoms with Crippen LogP contribution in [0.25, 0.3) is 0 Å². The van der Waals surface area contributed by atoms with E-state index in [-0.39, 0.29) is 16.9 Å². The molecule has 2 rings (SSSR count). The second kappa shape index (κ2) is 5.38. The molecule has 6 heteroatoms. The molecule has 0 bridgehead atoms. The summed E-state index contributed by atoms with van der Waals surface area (Å²) in [7, 11) is -3.53. The molecule has 0 unspecified atom stereocenters. The molecule has 0 radical (unpaired) electrons. The van der Waals surface area contributed by atoms with Crippen LogP contribution in [0.2, 0.25) is 0 Å². The van der Waals surface area contributed by atoms with E-state index in [1.807, 2.05) is 12.1 Å². The van der Waals surface area contributed by atoms with E-state index in [0.717, 1.165) is 5.56 Å². The van der Waals surface area contributed by atoms with Gasteiger partial charge in [-0.15, -0.1) is 0 Å². The highest BCUT2D eigenvalue weighted by atomic mass is 32.2. The third-order valence-electron chi connectivity index (χ3n) is 2.96. The predicted octanol–water partition coefficient (Wildman–Crippen LogP) is 2.45. The summed E-state index contributed by atoms with van der Waals surface area (Å²) in [4.78, 5) is 4.11. The van der Waals surface area contributed by atoms with E-state index in [2.05, 4.69) is 30.5 Å². The van der Waals surface area contributed by atoms with Gasteiger partial charge in [0, 0.05) is 0 Å². The fourth-order valence-electron chi connectivity index (χ4n) is 1.71. The maximum Gasteiger partial charge on any atom is 0.240 e. The quantitative estimate of drug-likeness (QED) is 0.940. The van der Waals surface area contributed by atoms with Crippen LogP contribution < -0.4 is 4.72 Å². The highest BCUT2D eigenvalue weighted by molar-refractivity contribution is 7.89. The normalized spacial score (nSPS) is 12.6. The zero-order valence-corrected chi connectivity index (χ0v) is 12.6. The molecule has 0 spiro atoms. The molecule has 0 aliphatic rings. The summed E-state index contributed by atoms with van der Waals surface area (Å²) in [6.07, 6.45) is 2.67. The highest BCUT2D eigenvalue weighted by Crippen LogP contribution is 2.23. The van der Waals surface area contributed by atoms with Crippen LogP contribution in [-0.4, -0.2) is 13.4 Å². The van der Waals surface area contributed by atoms with Gasteiger partial charge in [-0.05, 0) is 23.1 Å². The van der Waals surface area contributed by atoms with Crippen molar-refractivity contribution in [2.45, 2.75) is 37.6 Å². The van der Waals surface area contributed by atoms with Crippen molar-refractivity contribution in [1.29, 1.82) is 0 Å². The van der Waals surface area contributed by atoms with Crippen LogP contribution in [0.1, 0.15) is 32.0 Å². The molecule has 2 aromatic rings. The van der Waals surface area contributed by atoms with Crippen molar-refractivity contribution in [2.24, 2.45) is 0 Å². The van der Waals surface area contributed by atoms with Gasteiger partial charge in [0.2, 0.25) is 10.0 Å². The average Bonchev–Trinajstić information content (AvgIpc) is 2.89. The second-order valence-corrected chi connectivity index (χ2v) is 7.35. The van der Waals surface area contributed by atoms with Gasteiger partial charge in [0.1, 0.15) is 6.26 Å². The summed E-state index contributed by atoms with van der Waals surface area (Å²) < 4.78 is 31.5. The first-order chi connectivity index (χ1) is 9.29. The van der Waals surface area contributed by atoms with Crippen molar-refractivity contribution in [3.8, 4) is 0 Å². The number of rotatable bonds is 4. The summed E-state index contributed by atoms with van der Waals surface area (Å²) in [6.45, 7) is 6.36. The lowest BCUT2D eigenvalue weighted by molar-refractivity contribution is 0.555. The SMILES string of the molecule is CC(C)(C)c1ccc(S(=O)(=O)NCc2cocn2)cc1. The van der Waals surface area contributed by atoms with Crippen molar-refractivity contribution < 1.29 is 12.8 Å². The molecule has 0 aliphatic heterocycles.